The molecule has 1 aromatic rings. The Balaban J connectivity index is 2.05. The van der Waals surface area contributed by atoms with Crippen molar-refractivity contribution in [3.05, 3.63) is 48.3 Å². The lowest BCUT2D eigenvalue weighted by atomic mass is 9.77. The first-order chi connectivity index (χ1) is 9.20. The Hall–Kier alpha value is -1.84. The predicted octanol–water partition coefficient (Wildman–Crippen LogP) is 3.15. The van der Waals surface area contributed by atoms with Crippen molar-refractivity contribution >= 4 is 6.03 Å². The van der Waals surface area contributed by atoms with Crippen molar-refractivity contribution in [3.8, 4) is 0 Å². The minimum absolute atomic E-state index is 0.0424. The third kappa shape index (κ3) is 3.56. The molecule has 0 heterocycles. The number of halogens is 1. The highest BCUT2D eigenvalue weighted by atomic mass is 19.1. The summed E-state index contributed by atoms with van der Waals surface area (Å²) < 4.78 is 13.0. The fourth-order valence-electron chi connectivity index (χ4n) is 2.27. The van der Waals surface area contributed by atoms with E-state index in [0.29, 0.717) is 12.5 Å². The van der Waals surface area contributed by atoms with Gasteiger partial charge in [0.15, 0.2) is 0 Å². The molecule has 1 aliphatic rings. The van der Waals surface area contributed by atoms with Gasteiger partial charge < -0.3 is 10.6 Å². The highest BCUT2D eigenvalue weighted by Crippen LogP contribution is 2.37. The van der Waals surface area contributed by atoms with Crippen LogP contribution in [0.1, 0.15) is 30.9 Å². The molecule has 0 aliphatic heterocycles. The Morgan fingerprint density at radius 1 is 1.42 bits per heavy atom. The molecule has 2 amide bonds. The number of amides is 2. The van der Waals surface area contributed by atoms with Crippen LogP contribution in [0.4, 0.5) is 9.18 Å². The summed E-state index contributed by atoms with van der Waals surface area (Å²) in [5, 5.41) is 5.67. The van der Waals surface area contributed by atoms with Gasteiger partial charge in [0.05, 0.1) is 6.04 Å². The number of nitrogens with one attached hydrogen (secondary N) is 2. The van der Waals surface area contributed by atoms with Crippen LogP contribution in [0.2, 0.25) is 0 Å². The van der Waals surface area contributed by atoms with Crippen LogP contribution in [-0.2, 0) is 0 Å². The minimum Gasteiger partial charge on any atom is -0.335 e. The number of benzene rings is 1. The van der Waals surface area contributed by atoms with Gasteiger partial charge >= 0.3 is 6.03 Å². The molecule has 102 valence electrons. The molecular weight excluding hydrogens is 243 g/mol. The molecule has 2 rings (SSSR count). The van der Waals surface area contributed by atoms with E-state index in [-0.39, 0.29) is 17.9 Å². The second-order valence-electron chi connectivity index (χ2n) is 4.86. The Labute approximate surface area is 112 Å². The largest absolute Gasteiger partial charge is 0.335 e. The van der Waals surface area contributed by atoms with Gasteiger partial charge in [-0.25, -0.2) is 9.18 Å². The molecule has 1 fully saturated rings. The summed E-state index contributed by atoms with van der Waals surface area (Å²) >= 11 is 0. The van der Waals surface area contributed by atoms with Crippen LogP contribution >= 0.6 is 0 Å². The van der Waals surface area contributed by atoms with Gasteiger partial charge in [0.1, 0.15) is 5.82 Å². The molecule has 19 heavy (non-hydrogen) atoms. The van der Waals surface area contributed by atoms with Gasteiger partial charge in [-0.2, -0.15) is 0 Å². The van der Waals surface area contributed by atoms with Gasteiger partial charge in [-0.1, -0.05) is 24.6 Å². The summed E-state index contributed by atoms with van der Waals surface area (Å²) in [6, 6.07) is 6.10. The molecule has 1 saturated carbocycles. The molecule has 3 nitrogen and oxygen atoms in total. The summed E-state index contributed by atoms with van der Waals surface area (Å²) in [4.78, 5) is 11.8. The first kappa shape index (κ1) is 13.6. The summed E-state index contributed by atoms with van der Waals surface area (Å²) in [6.45, 7) is 4.00. The average molecular weight is 262 g/mol. The number of carbonyl (C=O) groups excluding carboxylic acids is 1. The molecule has 1 aliphatic carbocycles. The van der Waals surface area contributed by atoms with E-state index in [0.717, 1.165) is 18.4 Å². The van der Waals surface area contributed by atoms with Gasteiger partial charge in [0.2, 0.25) is 0 Å². The van der Waals surface area contributed by atoms with Crippen molar-refractivity contribution in [2.24, 2.45) is 5.92 Å². The lowest BCUT2D eigenvalue weighted by Crippen LogP contribution is -2.42. The molecule has 0 aromatic heterocycles. The fraction of sp³-hybridized carbons (Fsp3) is 0.400. The smallest absolute Gasteiger partial charge is 0.315 e. The van der Waals surface area contributed by atoms with E-state index in [4.69, 9.17) is 0 Å². The van der Waals surface area contributed by atoms with Crippen LogP contribution in [0.5, 0.6) is 0 Å². The molecule has 1 aromatic carbocycles. The van der Waals surface area contributed by atoms with Crippen LogP contribution in [0.3, 0.4) is 0 Å². The number of hydrogen-bond donors (Lipinski definition) is 2. The third-order valence-electron chi connectivity index (χ3n) is 3.54. The van der Waals surface area contributed by atoms with Crippen LogP contribution in [0.15, 0.2) is 36.9 Å². The van der Waals surface area contributed by atoms with Gasteiger partial charge in [0.25, 0.3) is 0 Å². The Bertz CT molecular complexity index is 440. The Morgan fingerprint density at radius 2 is 2.11 bits per heavy atom. The first-order valence-corrected chi connectivity index (χ1v) is 6.61. The van der Waals surface area contributed by atoms with Crippen LogP contribution < -0.4 is 10.6 Å². The van der Waals surface area contributed by atoms with Crippen molar-refractivity contribution in [2.75, 3.05) is 6.54 Å². The Kier molecular flexibility index (Phi) is 4.55. The third-order valence-corrected chi connectivity index (χ3v) is 3.54. The van der Waals surface area contributed by atoms with E-state index in [9.17, 15) is 9.18 Å². The van der Waals surface area contributed by atoms with Gasteiger partial charge in [-0.15, -0.1) is 6.58 Å². The summed E-state index contributed by atoms with van der Waals surface area (Å²) in [7, 11) is 0. The van der Waals surface area contributed by atoms with E-state index in [1.807, 2.05) is 0 Å². The van der Waals surface area contributed by atoms with Crippen molar-refractivity contribution in [1.29, 1.82) is 0 Å². The van der Waals surface area contributed by atoms with Crippen LogP contribution in [-0.4, -0.2) is 12.6 Å². The first-order valence-electron chi connectivity index (χ1n) is 6.61. The van der Waals surface area contributed by atoms with Crippen molar-refractivity contribution in [1.82, 2.24) is 10.6 Å². The zero-order valence-electron chi connectivity index (χ0n) is 10.9. The van der Waals surface area contributed by atoms with E-state index in [2.05, 4.69) is 17.2 Å². The van der Waals surface area contributed by atoms with E-state index >= 15 is 0 Å². The normalized spacial score (nSPS) is 16.3. The lowest BCUT2D eigenvalue weighted by Gasteiger charge is -2.34. The number of carbonyl (C=O) groups is 1. The lowest BCUT2D eigenvalue weighted by molar-refractivity contribution is 0.208. The second-order valence-corrected chi connectivity index (χ2v) is 4.86. The number of urea groups is 1. The zero-order chi connectivity index (χ0) is 13.7. The van der Waals surface area contributed by atoms with Crippen molar-refractivity contribution in [2.45, 2.75) is 25.3 Å². The molecule has 2 N–H and O–H groups in total. The van der Waals surface area contributed by atoms with Crippen molar-refractivity contribution in [3.63, 3.8) is 0 Å². The highest BCUT2D eigenvalue weighted by Gasteiger charge is 2.29. The predicted molar refractivity (Wildman–Crippen MR) is 73.2 cm³/mol. The summed E-state index contributed by atoms with van der Waals surface area (Å²) in [5.74, 6) is 0.187. The van der Waals surface area contributed by atoms with Gasteiger partial charge in [-0.05, 0) is 36.5 Å². The average Bonchev–Trinajstić information content (AvgIpc) is 2.34. The van der Waals surface area contributed by atoms with Crippen LogP contribution in [0.25, 0.3) is 0 Å². The summed E-state index contributed by atoms with van der Waals surface area (Å²) in [5.41, 5.74) is 0.958. The maximum absolute atomic E-state index is 13.0. The van der Waals surface area contributed by atoms with E-state index in [1.165, 1.54) is 18.6 Å². The number of hydrogen-bond acceptors (Lipinski definition) is 1. The van der Waals surface area contributed by atoms with Crippen LogP contribution in [0, 0.1) is 11.7 Å². The minimum atomic E-state index is -0.257. The standard InChI is InChI=1S/C15H19FN2O/c1-2-10-17-15(19)18-14(11-4-3-5-11)12-6-8-13(16)9-7-12/h2,6-9,11,14H,1,3-5,10H2,(H2,17,18,19). The molecule has 0 spiro atoms. The molecule has 1 unspecified atom stereocenters. The quantitative estimate of drug-likeness (QED) is 0.786. The van der Waals surface area contributed by atoms with Gasteiger partial charge in [-0.3, -0.25) is 0 Å². The Morgan fingerprint density at radius 3 is 2.63 bits per heavy atom. The monoisotopic (exact) mass is 262 g/mol. The summed E-state index contributed by atoms with van der Waals surface area (Å²) in [6.07, 6.45) is 5.03. The number of rotatable bonds is 5. The molecular formula is C15H19FN2O. The molecule has 0 radical (unpaired) electrons. The zero-order valence-corrected chi connectivity index (χ0v) is 10.9. The van der Waals surface area contributed by atoms with Gasteiger partial charge in [0, 0.05) is 6.54 Å². The molecule has 4 heteroatoms. The topological polar surface area (TPSA) is 41.1 Å². The van der Waals surface area contributed by atoms with E-state index < -0.39 is 0 Å². The van der Waals surface area contributed by atoms with E-state index in [1.54, 1.807) is 18.2 Å². The molecule has 0 saturated heterocycles. The molecule has 1 atom stereocenters. The maximum Gasteiger partial charge on any atom is 0.315 e. The molecule has 0 bridgehead atoms. The highest BCUT2D eigenvalue weighted by molar-refractivity contribution is 5.74. The van der Waals surface area contributed by atoms with Crippen molar-refractivity contribution < 1.29 is 9.18 Å². The SMILES string of the molecule is C=CCNC(=O)NC(c1ccc(F)cc1)C1CCC1. The maximum atomic E-state index is 13.0. The fourth-order valence-corrected chi connectivity index (χ4v) is 2.27. The second kappa shape index (κ2) is 6.36.